The molecule has 0 unspecified atom stereocenters. The quantitative estimate of drug-likeness (QED) is 0.697. The van der Waals surface area contributed by atoms with Crippen LogP contribution >= 0.6 is 0 Å². The van der Waals surface area contributed by atoms with Crippen LogP contribution in [-0.4, -0.2) is 59.8 Å². The first-order chi connectivity index (χ1) is 13.4. The van der Waals surface area contributed by atoms with E-state index in [0.29, 0.717) is 0 Å². The molecule has 2 aromatic heterocycles. The molecule has 4 rings (SSSR count). The number of hydrogen-bond acceptors (Lipinski definition) is 6. The highest BCUT2D eigenvalue weighted by Gasteiger charge is 2.33. The van der Waals surface area contributed by atoms with E-state index >= 15 is 0 Å². The summed E-state index contributed by atoms with van der Waals surface area (Å²) in [6, 6.07) is 5.91. The van der Waals surface area contributed by atoms with Crippen molar-refractivity contribution in [2.45, 2.75) is 32.2 Å². The summed E-state index contributed by atoms with van der Waals surface area (Å²) in [5.74, 6) is 3.33. The van der Waals surface area contributed by atoms with Gasteiger partial charge in [-0.2, -0.15) is 0 Å². The molecule has 7 heteroatoms. The van der Waals surface area contributed by atoms with E-state index in [1.54, 1.807) is 13.3 Å². The van der Waals surface area contributed by atoms with Gasteiger partial charge in [0.1, 0.15) is 5.69 Å². The highest BCUT2D eigenvalue weighted by Crippen LogP contribution is 2.33. The molecule has 2 aliphatic rings. The second-order valence-corrected chi connectivity index (χ2v) is 7.48. The molecule has 2 aliphatic heterocycles. The maximum atomic E-state index is 5.54. The number of pyridine rings is 1. The summed E-state index contributed by atoms with van der Waals surface area (Å²) in [5.41, 5.74) is 0.869. The molecule has 0 spiro atoms. The molecular formula is C20H29N5O2. The van der Waals surface area contributed by atoms with E-state index in [0.717, 1.165) is 75.2 Å². The van der Waals surface area contributed by atoms with Crippen molar-refractivity contribution in [1.29, 1.82) is 0 Å². The van der Waals surface area contributed by atoms with Crippen LogP contribution < -0.4 is 4.90 Å². The highest BCUT2D eigenvalue weighted by molar-refractivity contribution is 5.53. The number of ether oxygens (including phenoxy) is 2. The maximum absolute atomic E-state index is 5.54. The number of aromatic nitrogens is 4. The number of nitrogens with zero attached hydrogens (tertiary/aromatic N) is 5. The molecule has 27 heavy (non-hydrogen) atoms. The van der Waals surface area contributed by atoms with Crippen molar-refractivity contribution in [2.75, 3.05) is 44.9 Å². The second kappa shape index (κ2) is 8.80. The van der Waals surface area contributed by atoms with Gasteiger partial charge < -0.3 is 14.4 Å². The van der Waals surface area contributed by atoms with Crippen LogP contribution in [0.3, 0.4) is 0 Å². The predicted octanol–water partition coefficient (Wildman–Crippen LogP) is 2.63. The van der Waals surface area contributed by atoms with Gasteiger partial charge in [0.05, 0.1) is 0 Å². The Morgan fingerprint density at radius 3 is 2.81 bits per heavy atom. The second-order valence-electron chi connectivity index (χ2n) is 7.48. The Labute approximate surface area is 160 Å². The van der Waals surface area contributed by atoms with Crippen molar-refractivity contribution in [3.63, 3.8) is 0 Å². The minimum Gasteiger partial charge on any atom is -0.385 e. The number of rotatable bonds is 7. The zero-order valence-electron chi connectivity index (χ0n) is 16.1. The minimum absolute atomic E-state index is 0.726. The molecule has 0 bridgehead atoms. The van der Waals surface area contributed by atoms with Gasteiger partial charge in [0.2, 0.25) is 5.95 Å². The van der Waals surface area contributed by atoms with Crippen molar-refractivity contribution in [3.05, 3.63) is 24.4 Å². The Hall–Kier alpha value is -1.99. The SMILES string of the molecule is COCCCn1c(-c2ccccn2)nnc1N1CC[C@@H](C2CCOCC2)C1. The molecular weight excluding hydrogens is 342 g/mol. The van der Waals surface area contributed by atoms with Crippen molar-refractivity contribution in [2.24, 2.45) is 11.8 Å². The largest absolute Gasteiger partial charge is 0.385 e. The molecule has 4 heterocycles. The van der Waals surface area contributed by atoms with Gasteiger partial charge >= 0.3 is 0 Å². The zero-order chi connectivity index (χ0) is 18.5. The van der Waals surface area contributed by atoms with E-state index < -0.39 is 0 Å². The van der Waals surface area contributed by atoms with Crippen molar-refractivity contribution < 1.29 is 9.47 Å². The zero-order valence-corrected chi connectivity index (χ0v) is 16.1. The first-order valence-electron chi connectivity index (χ1n) is 10.0. The lowest BCUT2D eigenvalue weighted by atomic mass is 9.85. The van der Waals surface area contributed by atoms with Gasteiger partial charge in [0.15, 0.2) is 5.82 Å². The van der Waals surface area contributed by atoms with E-state index in [9.17, 15) is 0 Å². The van der Waals surface area contributed by atoms with Crippen LogP contribution in [0.25, 0.3) is 11.5 Å². The Morgan fingerprint density at radius 2 is 2.04 bits per heavy atom. The molecule has 2 saturated heterocycles. The van der Waals surface area contributed by atoms with E-state index in [-0.39, 0.29) is 0 Å². The third kappa shape index (κ3) is 4.14. The van der Waals surface area contributed by atoms with Crippen LogP contribution in [0.1, 0.15) is 25.7 Å². The Morgan fingerprint density at radius 1 is 1.15 bits per heavy atom. The summed E-state index contributed by atoms with van der Waals surface area (Å²) in [4.78, 5) is 6.89. The standard InChI is InChI=1S/C20H29N5O2/c1-26-12-4-10-25-19(18-5-2-3-9-21-18)22-23-20(25)24-11-6-17(15-24)16-7-13-27-14-8-16/h2-3,5,9,16-17H,4,6-8,10-15H2,1H3/t17-/m1/s1. The van der Waals surface area contributed by atoms with Crippen LogP contribution in [0.2, 0.25) is 0 Å². The molecule has 2 aromatic rings. The van der Waals surface area contributed by atoms with Crippen molar-refractivity contribution in [3.8, 4) is 11.5 Å². The van der Waals surface area contributed by atoms with Gasteiger partial charge in [0.25, 0.3) is 0 Å². The molecule has 0 aromatic carbocycles. The van der Waals surface area contributed by atoms with Crippen LogP contribution in [0.15, 0.2) is 24.4 Å². The summed E-state index contributed by atoms with van der Waals surface area (Å²) >= 11 is 0. The van der Waals surface area contributed by atoms with Crippen molar-refractivity contribution in [1.82, 2.24) is 19.7 Å². The lowest BCUT2D eigenvalue weighted by Gasteiger charge is -2.27. The molecule has 0 saturated carbocycles. The molecule has 0 radical (unpaired) electrons. The molecule has 0 aliphatic carbocycles. The summed E-state index contributed by atoms with van der Waals surface area (Å²) in [6.07, 6.45) is 6.35. The number of anilines is 1. The van der Waals surface area contributed by atoms with Crippen LogP contribution in [-0.2, 0) is 16.0 Å². The third-order valence-corrected chi connectivity index (χ3v) is 5.80. The summed E-state index contributed by atoms with van der Waals surface area (Å²) in [7, 11) is 1.74. The lowest BCUT2D eigenvalue weighted by molar-refractivity contribution is 0.0500. The van der Waals surface area contributed by atoms with Gasteiger partial charge in [-0.25, -0.2) is 0 Å². The first kappa shape index (κ1) is 18.4. The fraction of sp³-hybridized carbons (Fsp3) is 0.650. The number of hydrogen-bond donors (Lipinski definition) is 0. The van der Waals surface area contributed by atoms with Gasteiger partial charge in [0, 0.05) is 52.8 Å². The average Bonchev–Trinajstić information content (AvgIpc) is 3.37. The molecule has 1 atom stereocenters. The monoisotopic (exact) mass is 371 g/mol. The lowest BCUT2D eigenvalue weighted by Crippen LogP contribution is -2.28. The van der Waals surface area contributed by atoms with Crippen LogP contribution in [0, 0.1) is 11.8 Å². The van der Waals surface area contributed by atoms with Crippen LogP contribution in [0.4, 0.5) is 5.95 Å². The van der Waals surface area contributed by atoms with Crippen molar-refractivity contribution >= 4 is 5.95 Å². The highest BCUT2D eigenvalue weighted by atomic mass is 16.5. The van der Waals surface area contributed by atoms with E-state index in [1.165, 1.54) is 19.3 Å². The molecule has 0 amide bonds. The fourth-order valence-electron chi connectivity index (χ4n) is 4.33. The summed E-state index contributed by atoms with van der Waals surface area (Å²) in [6.45, 7) is 5.50. The molecule has 0 N–H and O–H groups in total. The topological polar surface area (TPSA) is 65.3 Å². The van der Waals surface area contributed by atoms with Gasteiger partial charge in [-0.05, 0) is 49.7 Å². The minimum atomic E-state index is 0.726. The molecule has 146 valence electrons. The fourth-order valence-corrected chi connectivity index (χ4v) is 4.33. The van der Waals surface area contributed by atoms with Gasteiger partial charge in [-0.3, -0.25) is 9.55 Å². The van der Waals surface area contributed by atoms with Gasteiger partial charge in [-0.1, -0.05) is 6.07 Å². The Bertz CT molecular complexity index is 714. The predicted molar refractivity (Wildman–Crippen MR) is 104 cm³/mol. The normalized spacial score (nSPS) is 21.1. The summed E-state index contributed by atoms with van der Waals surface area (Å²) in [5, 5.41) is 9.06. The first-order valence-corrected chi connectivity index (χ1v) is 10.0. The van der Waals surface area contributed by atoms with E-state index in [2.05, 4.69) is 24.6 Å². The Kier molecular flexibility index (Phi) is 5.99. The van der Waals surface area contributed by atoms with E-state index in [4.69, 9.17) is 9.47 Å². The smallest absolute Gasteiger partial charge is 0.227 e. The third-order valence-electron chi connectivity index (χ3n) is 5.80. The molecule has 2 fully saturated rings. The molecule has 7 nitrogen and oxygen atoms in total. The maximum Gasteiger partial charge on any atom is 0.227 e. The average molecular weight is 371 g/mol. The summed E-state index contributed by atoms with van der Waals surface area (Å²) < 4.78 is 13.0. The Balaban J connectivity index is 1.54. The van der Waals surface area contributed by atoms with Gasteiger partial charge in [-0.15, -0.1) is 10.2 Å². The van der Waals surface area contributed by atoms with E-state index in [1.807, 2.05) is 18.2 Å². The van der Waals surface area contributed by atoms with Crippen LogP contribution in [0.5, 0.6) is 0 Å². The number of methoxy groups -OCH3 is 1.